The Morgan fingerprint density at radius 3 is 2.86 bits per heavy atom. The molecule has 6 nitrogen and oxygen atoms in total. The molecule has 0 aliphatic heterocycles. The summed E-state index contributed by atoms with van der Waals surface area (Å²) in [7, 11) is 1.51. The Balaban J connectivity index is 2.19. The molecule has 3 rings (SSSR count). The van der Waals surface area contributed by atoms with E-state index in [-0.39, 0.29) is 27.9 Å². The molecule has 0 atom stereocenters. The van der Waals surface area contributed by atoms with Gasteiger partial charge in [0.1, 0.15) is 6.33 Å². The number of nitrogens with one attached hydrogen (secondary N) is 1. The van der Waals surface area contributed by atoms with Crippen molar-refractivity contribution in [1.82, 2.24) is 19.9 Å². The highest BCUT2D eigenvalue weighted by atomic mass is 35.5. The molecule has 2 aromatic heterocycles. The van der Waals surface area contributed by atoms with Crippen LogP contribution >= 0.6 is 11.6 Å². The number of amides is 1. The van der Waals surface area contributed by atoms with Crippen LogP contribution in [0.1, 0.15) is 10.5 Å². The van der Waals surface area contributed by atoms with Gasteiger partial charge in [-0.05, 0) is 24.3 Å². The lowest BCUT2D eigenvalue weighted by molar-refractivity contribution is 0.0960. The van der Waals surface area contributed by atoms with Gasteiger partial charge in [0.15, 0.2) is 11.5 Å². The fourth-order valence-corrected chi connectivity index (χ4v) is 2.36. The first-order valence-corrected chi connectivity index (χ1v) is 6.71. The van der Waals surface area contributed by atoms with Crippen LogP contribution in [-0.2, 0) is 0 Å². The minimum Gasteiger partial charge on any atom is -0.396 e. The number of imidazole rings is 1. The molecule has 8 heteroatoms. The molecule has 0 aliphatic carbocycles. The number of hydrogen-bond acceptors (Lipinski definition) is 4. The summed E-state index contributed by atoms with van der Waals surface area (Å²) in [6.45, 7) is 0. The van der Waals surface area contributed by atoms with Crippen LogP contribution in [0.25, 0.3) is 16.8 Å². The molecule has 0 fully saturated rings. The summed E-state index contributed by atoms with van der Waals surface area (Å²) in [5.74, 6) is -0.962. The first-order chi connectivity index (χ1) is 10.5. The molecular weight excluding hydrogens is 309 g/mol. The predicted octanol–water partition coefficient (Wildman–Crippen LogP) is 2.13. The summed E-state index contributed by atoms with van der Waals surface area (Å²) in [6.07, 6.45) is 1.38. The number of fused-ring (bicyclic) bond motifs is 1. The van der Waals surface area contributed by atoms with E-state index in [9.17, 15) is 9.18 Å². The summed E-state index contributed by atoms with van der Waals surface area (Å²) < 4.78 is 15.6. The zero-order chi connectivity index (χ0) is 15.9. The van der Waals surface area contributed by atoms with Crippen molar-refractivity contribution < 1.29 is 9.18 Å². The standard InChI is InChI=1S/C14H11ClFN5O/c1-18-14(22)13-10-5-4-9(20-21(10)6-19-13)11-7(15)2-3-8(17)12(11)16/h2-6H,17H2,1H3,(H,18,22). The lowest BCUT2D eigenvalue weighted by Crippen LogP contribution is -2.18. The first-order valence-electron chi connectivity index (χ1n) is 6.33. The molecule has 0 saturated heterocycles. The van der Waals surface area contributed by atoms with Crippen molar-refractivity contribution in [1.29, 1.82) is 0 Å². The van der Waals surface area contributed by atoms with Gasteiger partial charge in [-0.3, -0.25) is 4.79 Å². The number of anilines is 1. The zero-order valence-electron chi connectivity index (χ0n) is 11.5. The smallest absolute Gasteiger partial charge is 0.271 e. The minimum atomic E-state index is -0.633. The molecule has 22 heavy (non-hydrogen) atoms. The summed E-state index contributed by atoms with van der Waals surface area (Å²) in [5, 5.41) is 6.93. The Labute approximate surface area is 129 Å². The van der Waals surface area contributed by atoms with Gasteiger partial charge in [0.2, 0.25) is 0 Å². The number of hydrogen-bond donors (Lipinski definition) is 2. The third-order valence-corrected chi connectivity index (χ3v) is 3.53. The van der Waals surface area contributed by atoms with E-state index in [0.29, 0.717) is 11.2 Å². The molecule has 1 aromatic carbocycles. The van der Waals surface area contributed by atoms with E-state index in [4.69, 9.17) is 17.3 Å². The van der Waals surface area contributed by atoms with E-state index in [0.717, 1.165) is 0 Å². The van der Waals surface area contributed by atoms with Crippen molar-refractivity contribution in [3.05, 3.63) is 47.1 Å². The molecule has 0 unspecified atom stereocenters. The third-order valence-electron chi connectivity index (χ3n) is 3.22. The number of carbonyl (C=O) groups excluding carboxylic acids is 1. The van der Waals surface area contributed by atoms with Gasteiger partial charge >= 0.3 is 0 Å². The van der Waals surface area contributed by atoms with Crippen LogP contribution in [0.4, 0.5) is 10.1 Å². The van der Waals surface area contributed by atoms with Crippen LogP contribution in [0.15, 0.2) is 30.6 Å². The summed E-state index contributed by atoms with van der Waals surface area (Å²) in [4.78, 5) is 15.7. The lowest BCUT2D eigenvalue weighted by atomic mass is 10.1. The Kier molecular flexibility index (Phi) is 3.42. The fraction of sp³-hybridized carbons (Fsp3) is 0.0714. The second kappa shape index (κ2) is 5.27. The average molecular weight is 320 g/mol. The Hall–Kier alpha value is -2.67. The van der Waals surface area contributed by atoms with Crippen LogP contribution in [0.2, 0.25) is 5.02 Å². The van der Waals surface area contributed by atoms with Crippen molar-refractivity contribution in [3.8, 4) is 11.3 Å². The zero-order valence-corrected chi connectivity index (χ0v) is 12.2. The highest BCUT2D eigenvalue weighted by Gasteiger charge is 2.17. The third kappa shape index (κ3) is 2.15. The van der Waals surface area contributed by atoms with Crippen molar-refractivity contribution in [3.63, 3.8) is 0 Å². The number of nitrogen functional groups attached to an aromatic ring is 1. The van der Waals surface area contributed by atoms with E-state index in [1.54, 1.807) is 12.1 Å². The lowest BCUT2D eigenvalue weighted by Gasteiger charge is -2.08. The van der Waals surface area contributed by atoms with Gasteiger partial charge < -0.3 is 11.1 Å². The van der Waals surface area contributed by atoms with Crippen LogP contribution < -0.4 is 11.1 Å². The van der Waals surface area contributed by atoms with Gasteiger partial charge in [-0.15, -0.1) is 0 Å². The molecule has 3 aromatic rings. The molecule has 0 radical (unpaired) electrons. The summed E-state index contributed by atoms with van der Waals surface area (Å²) in [5.41, 5.74) is 6.70. The summed E-state index contributed by atoms with van der Waals surface area (Å²) >= 11 is 6.04. The largest absolute Gasteiger partial charge is 0.396 e. The van der Waals surface area contributed by atoms with Gasteiger partial charge in [-0.1, -0.05) is 11.6 Å². The quantitative estimate of drug-likeness (QED) is 0.709. The van der Waals surface area contributed by atoms with E-state index < -0.39 is 5.82 Å². The number of aromatic nitrogens is 3. The van der Waals surface area contributed by atoms with E-state index >= 15 is 0 Å². The molecular formula is C14H11ClFN5O. The number of carbonyl (C=O) groups is 1. The van der Waals surface area contributed by atoms with Gasteiger partial charge in [0, 0.05) is 7.05 Å². The molecule has 0 bridgehead atoms. The van der Waals surface area contributed by atoms with Gasteiger partial charge in [0.05, 0.1) is 27.5 Å². The normalized spacial score (nSPS) is 10.9. The predicted molar refractivity (Wildman–Crippen MR) is 81.2 cm³/mol. The van der Waals surface area contributed by atoms with Gasteiger partial charge in [0.25, 0.3) is 5.91 Å². The molecule has 0 aliphatic rings. The molecule has 0 saturated carbocycles. The van der Waals surface area contributed by atoms with Crippen LogP contribution in [-0.4, -0.2) is 27.6 Å². The maximum absolute atomic E-state index is 14.2. The maximum atomic E-state index is 14.2. The van der Waals surface area contributed by atoms with Crippen LogP contribution in [0, 0.1) is 5.82 Å². The van der Waals surface area contributed by atoms with Crippen LogP contribution in [0.5, 0.6) is 0 Å². The SMILES string of the molecule is CNC(=O)c1ncn2nc(-c3c(Cl)ccc(N)c3F)ccc12. The molecule has 112 valence electrons. The molecule has 3 N–H and O–H groups in total. The maximum Gasteiger partial charge on any atom is 0.271 e. The second-order valence-corrected chi connectivity index (χ2v) is 4.95. The van der Waals surface area contributed by atoms with Crippen molar-refractivity contribution >= 4 is 28.7 Å². The number of nitrogens with zero attached hydrogens (tertiary/aromatic N) is 3. The monoisotopic (exact) mass is 319 g/mol. The van der Waals surface area contributed by atoms with Gasteiger partial charge in [-0.25, -0.2) is 13.9 Å². The average Bonchev–Trinajstić information content (AvgIpc) is 2.94. The number of rotatable bonds is 2. The highest BCUT2D eigenvalue weighted by molar-refractivity contribution is 6.33. The van der Waals surface area contributed by atoms with E-state index in [1.807, 2.05) is 0 Å². The number of halogens is 2. The van der Waals surface area contributed by atoms with Crippen LogP contribution in [0.3, 0.4) is 0 Å². The second-order valence-electron chi connectivity index (χ2n) is 4.55. The minimum absolute atomic E-state index is 0.0158. The van der Waals surface area contributed by atoms with E-state index in [1.165, 1.54) is 30.0 Å². The fourth-order valence-electron chi connectivity index (χ4n) is 2.12. The van der Waals surface area contributed by atoms with Gasteiger partial charge in [-0.2, -0.15) is 5.10 Å². The van der Waals surface area contributed by atoms with E-state index in [2.05, 4.69) is 15.4 Å². The Morgan fingerprint density at radius 1 is 1.36 bits per heavy atom. The number of benzene rings is 1. The molecule has 1 amide bonds. The number of nitrogens with two attached hydrogens (primary N) is 1. The van der Waals surface area contributed by atoms with Crippen molar-refractivity contribution in [2.24, 2.45) is 0 Å². The highest BCUT2D eigenvalue weighted by Crippen LogP contribution is 2.32. The molecule has 2 heterocycles. The Bertz CT molecular complexity index is 892. The molecule has 0 spiro atoms. The Morgan fingerprint density at radius 2 is 2.14 bits per heavy atom. The first kappa shape index (κ1) is 14.3. The van der Waals surface area contributed by atoms with Crippen molar-refractivity contribution in [2.45, 2.75) is 0 Å². The van der Waals surface area contributed by atoms with Crippen molar-refractivity contribution in [2.75, 3.05) is 12.8 Å². The topological polar surface area (TPSA) is 85.3 Å². The summed E-state index contributed by atoms with van der Waals surface area (Å²) in [6, 6.07) is 6.08.